The van der Waals surface area contributed by atoms with E-state index in [0.29, 0.717) is 12.3 Å². The van der Waals surface area contributed by atoms with E-state index in [0.717, 1.165) is 32.1 Å². The molecule has 0 bridgehead atoms. The molecule has 1 aliphatic carbocycles. The van der Waals surface area contributed by atoms with Crippen molar-refractivity contribution in [1.82, 2.24) is 0 Å². The van der Waals surface area contributed by atoms with Gasteiger partial charge in [-0.25, -0.2) is 0 Å². The van der Waals surface area contributed by atoms with Crippen LogP contribution in [0.25, 0.3) is 0 Å². The summed E-state index contributed by atoms with van der Waals surface area (Å²) in [4.78, 5) is 11.5. The van der Waals surface area contributed by atoms with Gasteiger partial charge < -0.3 is 9.84 Å². The van der Waals surface area contributed by atoms with Gasteiger partial charge >= 0.3 is 5.97 Å². The van der Waals surface area contributed by atoms with Gasteiger partial charge in [0.15, 0.2) is 0 Å². The van der Waals surface area contributed by atoms with E-state index >= 15 is 0 Å². The van der Waals surface area contributed by atoms with E-state index in [-0.39, 0.29) is 29.6 Å². The van der Waals surface area contributed by atoms with Crippen molar-refractivity contribution in [1.29, 1.82) is 0 Å². The van der Waals surface area contributed by atoms with Gasteiger partial charge in [0.05, 0.1) is 5.92 Å². The van der Waals surface area contributed by atoms with Gasteiger partial charge in [0.2, 0.25) is 11.8 Å². The van der Waals surface area contributed by atoms with Gasteiger partial charge in [0.1, 0.15) is 0 Å². The topological polar surface area (TPSA) is 71.2 Å². The number of carbonyl (C=O) groups excluding carboxylic acids is 1. The highest BCUT2D eigenvalue weighted by atomic mass is 16.5. The molecule has 1 saturated heterocycles. The summed E-state index contributed by atoms with van der Waals surface area (Å²) in [6.07, 6.45) is 5.78. The van der Waals surface area contributed by atoms with E-state index < -0.39 is 0 Å². The minimum atomic E-state index is -0.207. The van der Waals surface area contributed by atoms with Gasteiger partial charge in [0, 0.05) is 12.3 Å². The van der Waals surface area contributed by atoms with Crippen LogP contribution in [0.2, 0.25) is 0 Å². The molecule has 2 aliphatic heterocycles. The van der Waals surface area contributed by atoms with Crippen molar-refractivity contribution in [3.05, 3.63) is 0 Å². The molecule has 5 heteroatoms. The molecule has 5 nitrogen and oxygen atoms in total. The second-order valence-electron chi connectivity index (χ2n) is 5.10. The Morgan fingerprint density at radius 1 is 1.18 bits per heavy atom. The van der Waals surface area contributed by atoms with Crippen molar-refractivity contribution >= 4 is 17.8 Å². The number of hydrogen-bond acceptors (Lipinski definition) is 4. The maximum atomic E-state index is 11.5. The molecule has 3 unspecified atom stereocenters. The van der Waals surface area contributed by atoms with E-state index in [1.54, 1.807) is 0 Å². The summed E-state index contributed by atoms with van der Waals surface area (Å²) in [5.41, 5.74) is 0. The average Bonchev–Trinajstić information content (AvgIpc) is 2.27. The third-order valence-electron chi connectivity index (χ3n) is 4.05. The summed E-state index contributed by atoms with van der Waals surface area (Å²) in [5, 5.41) is 17.4. The number of aliphatic hydroxyl groups excluding tert-OH is 1. The molecule has 0 aromatic rings. The van der Waals surface area contributed by atoms with Crippen molar-refractivity contribution in [2.75, 3.05) is 0 Å². The van der Waals surface area contributed by atoms with Crippen LogP contribution >= 0.6 is 0 Å². The predicted molar refractivity (Wildman–Crippen MR) is 61.8 cm³/mol. The van der Waals surface area contributed by atoms with Crippen molar-refractivity contribution < 1.29 is 14.6 Å². The fourth-order valence-electron chi connectivity index (χ4n) is 3.23. The lowest BCUT2D eigenvalue weighted by atomic mass is 9.72. The predicted octanol–water partition coefficient (Wildman–Crippen LogP) is 2.03. The fourth-order valence-corrected chi connectivity index (χ4v) is 3.23. The molecule has 2 fully saturated rings. The van der Waals surface area contributed by atoms with E-state index in [4.69, 9.17) is 4.74 Å². The van der Waals surface area contributed by atoms with Crippen LogP contribution in [0.1, 0.15) is 38.5 Å². The van der Waals surface area contributed by atoms with Gasteiger partial charge in [-0.3, -0.25) is 4.79 Å². The van der Waals surface area contributed by atoms with Gasteiger partial charge in [0.25, 0.3) is 0 Å². The molecule has 3 rings (SSSR count). The Balaban J connectivity index is 1.95. The summed E-state index contributed by atoms with van der Waals surface area (Å²) in [6.45, 7) is 0. The number of aliphatic hydroxyl groups is 1. The first-order valence-electron chi connectivity index (χ1n) is 6.31. The van der Waals surface area contributed by atoms with Crippen LogP contribution in [-0.4, -0.2) is 22.9 Å². The van der Waals surface area contributed by atoms with Crippen LogP contribution < -0.4 is 0 Å². The molecule has 0 spiro atoms. The molecular formula is C12H16N2O3. The van der Waals surface area contributed by atoms with Crippen LogP contribution in [0.3, 0.4) is 0 Å². The molecule has 0 aromatic carbocycles. The lowest BCUT2D eigenvalue weighted by molar-refractivity contribution is -0.140. The molecule has 92 valence electrons. The first kappa shape index (κ1) is 10.7. The zero-order valence-electron chi connectivity index (χ0n) is 9.63. The lowest BCUT2D eigenvalue weighted by Gasteiger charge is -2.38. The SMILES string of the molecule is O=C1CC2CCCCCC3C(O)=NN=C(O1)C23. The normalized spacial score (nSPS) is 36.9. The van der Waals surface area contributed by atoms with Crippen LogP contribution in [0, 0.1) is 17.8 Å². The second-order valence-corrected chi connectivity index (χ2v) is 5.10. The minimum Gasteiger partial charge on any atom is -0.495 e. The Morgan fingerprint density at radius 3 is 2.88 bits per heavy atom. The number of carbonyl (C=O) groups is 1. The maximum Gasteiger partial charge on any atom is 0.312 e. The Morgan fingerprint density at radius 2 is 2.00 bits per heavy atom. The minimum absolute atomic E-state index is 0.000833. The van der Waals surface area contributed by atoms with Gasteiger partial charge in [-0.1, -0.05) is 19.3 Å². The van der Waals surface area contributed by atoms with E-state index in [1.807, 2.05) is 0 Å². The van der Waals surface area contributed by atoms with Crippen molar-refractivity contribution in [2.45, 2.75) is 38.5 Å². The Hall–Kier alpha value is -1.39. The molecule has 3 atom stereocenters. The largest absolute Gasteiger partial charge is 0.495 e. The maximum absolute atomic E-state index is 11.5. The van der Waals surface area contributed by atoms with Crippen molar-refractivity contribution in [3.63, 3.8) is 0 Å². The molecule has 2 heterocycles. The molecule has 0 radical (unpaired) electrons. The van der Waals surface area contributed by atoms with Crippen molar-refractivity contribution in [2.24, 2.45) is 28.0 Å². The first-order chi connectivity index (χ1) is 8.25. The summed E-state index contributed by atoms with van der Waals surface area (Å²) in [7, 11) is 0. The first-order valence-corrected chi connectivity index (χ1v) is 6.31. The van der Waals surface area contributed by atoms with Gasteiger partial charge in [-0.2, -0.15) is 0 Å². The van der Waals surface area contributed by atoms with Crippen LogP contribution in [0.4, 0.5) is 0 Å². The standard InChI is InChI=1S/C12H16N2O3/c15-9-6-7-4-2-1-3-5-8-10(7)12(17-9)14-13-11(8)16/h7-8,10H,1-6H2,(H,13,16). The Bertz CT molecular complexity index is 403. The number of esters is 1. The highest BCUT2D eigenvalue weighted by molar-refractivity contribution is 5.97. The van der Waals surface area contributed by atoms with Gasteiger partial charge in [-0.05, 0) is 18.8 Å². The quantitative estimate of drug-likeness (QED) is 0.654. The number of nitrogens with zero attached hydrogens (tertiary/aromatic N) is 2. The monoisotopic (exact) mass is 236 g/mol. The van der Waals surface area contributed by atoms with E-state index in [1.165, 1.54) is 0 Å². The third kappa shape index (κ3) is 1.83. The third-order valence-corrected chi connectivity index (χ3v) is 4.05. The summed E-state index contributed by atoms with van der Waals surface area (Å²) in [5.74, 6) is 0.657. The number of ether oxygens (including phenoxy) is 1. The van der Waals surface area contributed by atoms with Crippen LogP contribution in [-0.2, 0) is 9.53 Å². The van der Waals surface area contributed by atoms with Crippen molar-refractivity contribution in [3.8, 4) is 0 Å². The highest BCUT2D eigenvalue weighted by Crippen LogP contribution is 2.40. The molecular weight excluding hydrogens is 220 g/mol. The number of rotatable bonds is 0. The number of hydrogen-bond donors (Lipinski definition) is 1. The van der Waals surface area contributed by atoms with E-state index in [9.17, 15) is 9.90 Å². The molecule has 3 aliphatic rings. The molecule has 17 heavy (non-hydrogen) atoms. The Kier molecular flexibility index (Phi) is 2.61. The summed E-state index contributed by atoms with van der Waals surface area (Å²) in [6, 6.07) is 0. The smallest absolute Gasteiger partial charge is 0.312 e. The van der Waals surface area contributed by atoms with Gasteiger partial charge in [-0.15, -0.1) is 10.2 Å². The lowest BCUT2D eigenvalue weighted by Crippen LogP contribution is -2.44. The highest BCUT2D eigenvalue weighted by Gasteiger charge is 2.45. The van der Waals surface area contributed by atoms with E-state index in [2.05, 4.69) is 10.2 Å². The zero-order chi connectivity index (χ0) is 11.8. The second kappa shape index (κ2) is 4.13. The molecule has 1 N–H and O–H groups in total. The van der Waals surface area contributed by atoms with Crippen LogP contribution in [0.15, 0.2) is 10.2 Å². The average molecular weight is 236 g/mol. The fraction of sp³-hybridized carbons (Fsp3) is 0.750. The Labute approximate surface area is 99.6 Å². The molecule has 1 saturated carbocycles. The summed E-state index contributed by atoms with van der Waals surface area (Å²) >= 11 is 0. The van der Waals surface area contributed by atoms with Crippen LogP contribution in [0.5, 0.6) is 0 Å². The molecule has 0 amide bonds. The molecule has 0 aromatic heterocycles. The summed E-state index contributed by atoms with van der Waals surface area (Å²) < 4.78 is 5.16. The zero-order valence-corrected chi connectivity index (χ0v) is 9.63.